The van der Waals surface area contributed by atoms with Crippen LogP contribution in [0.5, 0.6) is 5.75 Å². The summed E-state index contributed by atoms with van der Waals surface area (Å²) in [6.45, 7) is 10.5. The highest BCUT2D eigenvalue weighted by atomic mass is 16.5. The third-order valence-corrected chi connectivity index (χ3v) is 3.02. The average Bonchev–Trinajstić information content (AvgIpc) is 2.35. The van der Waals surface area contributed by atoms with Crippen LogP contribution >= 0.6 is 0 Å². The zero-order valence-corrected chi connectivity index (χ0v) is 13.1. The van der Waals surface area contributed by atoms with Crippen molar-refractivity contribution in [2.24, 2.45) is 5.73 Å². The molecule has 4 heteroatoms. The summed E-state index contributed by atoms with van der Waals surface area (Å²) in [6, 6.07) is 7.49. The van der Waals surface area contributed by atoms with Gasteiger partial charge in [-0.1, -0.05) is 32.9 Å². The van der Waals surface area contributed by atoms with Gasteiger partial charge in [-0.15, -0.1) is 0 Å². The lowest BCUT2D eigenvalue weighted by Gasteiger charge is -2.20. The van der Waals surface area contributed by atoms with Crippen molar-refractivity contribution in [3.63, 3.8) is 0 Å². The second-order valence-electron chi connectivity index (χ2n) is 6.28. The van der Waals surface area contributed by atoms with E-state index in [0.29, 0.717) is 6.61 Å². The Morgan fingerprint density at radius 3 is 2.25 bits per heavy atom. The minimum atomic E-state index is -0.497. The van der Waals surface area contributed by atoms with Gasteiger partial charge in [-0.25, -0.2) is 0 Å². The van der Waals surface area contributed by atoms with Crippen molar-refractivity contribution in [2.75, 3.05) is 6.61 Å². The second-order valence-corrected chi connectivity index (χ2v) is 6.28. The predicted octanol–water partition coefficient (Wildman–Crippen LogP) is 2.21. The highest BCUT2D eigenvalue weighted by Gasteiger charge is 2.14. The van der Waals surface area contributed by atoms with Gasteiger partial charge in [-0.2, -0.15) is 0 Å². The van der Waals surface area contributed by atoms with E-state index in [1.807, 2.05) is 19.1 Å². The molecule has 1 unspecified atom stereocenters. The summed E-state index contributed by atoms with van der Waals surface area (Å²) < 4.78 is 5.66. The van der Waals surface area contributed by atoms with E-state index in [9.17, 15) is 4.79 Å². The molecule has 1 rings (SSSR count). The van der Waals surface area contributed by atoms with Crippen LogP contribution in [-0.2, 0) is 10.2 Å². The van der Waals surface area contributed by atoms with Crippen LogP contribution in [0.3, 0.4) is 0 Å². The first kappa shape index (κ1) is 16.5. The lowest BCUT2D eigenvalue weighted by atomic mass is 9.87. The second kappa shape index (κ2) is 6.75. The summed E-state index contributed by atoms with van der Waals surface area (Å²) in [5.41, 5.74) is 6.90. The lowest BCUT2D eigenvalue weighted by Crippen LogP contribution is -2.44. The molecular formula is C16H26N2O2. The zero-order valence-electron chi connectivity index (χ0n) is 13.1. The number of benzene rings is 1. The SMILES string of the molecule is CC(COc1ccc(C(C)(C)C)cc1)NC(=O)[C@H](C)N. The molecule has 0 aliphatic carbocycles. The van der Waals surface area contributed by atoms with E-state index in [4.69, 9.17) is 10.5 Å². The molecule has 0 saturated heterocycles. The first-order valence-corrected chi connectivity index (χ1v) is 6.99. The normalized spacial score (nSPS) is 14.5. The van der Waals surface area contributed by atoms with E-state index in [0.717, 1.165) is 5.75 Å². The van der Waals surface area contributed by atoms with Crippen molar-refractivity contribution in [2.45, 2.75) is 52.1 Å². The summed E-state index contributed by atoms with van der Waals surface area (Å²) in [4.78, 5) is 11.4. The molecule has 2 atom stereocenters. The van der Waals surface area contributed by atoms with Gasteiger partial charge in [-0.3, -0.25) is 4.79 Å². The number of nitrogens with two attached hydrogens (primary N) is 1. The van der Waals surface area contributed by atoms with Gasteiger partial charge < -0.3 is 15.8 Å². The highest BCUT2D eigenvalue weighted by molar-refractivity contribution is 5.81. The van der Waals surface area contributed by atoms with Crippen LogP contribution < -0.4 is 15.8 Å². The molecule has 3 N–H and O–H groups in total. The van der Waals surface area contributed by atoms with Crippen LogP contribution in [0.4, 0.5) is 0 Å². The smallest absolute Gasteiger partial charge is 0.236 e. The quantitative estimate of drug-likeness (QED) is 0.868. The molecule has 0 bridgehead atoms. The van der Waals surface area contributed by atoms with Crippen molar-refractivity contribution in [1.29, 1.82) is 0 Å². The number of ether oxygens (including phenoxy) is 1. The molecule has 0 aromatic heterocycles. The van der Waals surface area contributed by atoms with E-state index in [2.05, 4.69) is 38.2 Å². The number of carbonyl (C=O) groups is 1. The van der Waals surface area contributed by atoms with Gasteiger partial charge >= 0.3 is 0 Å². The van der Waals surface area contributed by atoms with Gasteiger partial charge in [-0.05, 0) is 37.0 Å². The molecule has 20 heavy (non-hydrogen) atoms. The summed E-state index contributed by atoms with van der Waals surface area (Å²) in [7, 11) is 0. The van der Waals surface area contributed by atoms with Crippen LogP contribution in [0.15, 0.2) is 24.3 Å². The number of amides is 1. The predicted molar refractivity (Wildman–Crippen MR) is 81.9 cm³/mol. The number of nitrogens with one attached hydrogen (secondary N) is 1. The Hall–Kier alpha value is -1.55. The molecule has 4 nitrogen and oxygen atoms in total. The van der Waals surface area contributed by atoms with Crippen LogP contribution in [0.1, 0.15) is 40.2 Å². The van der Waals surface area contributed by atoms with Gasteiger partial charge in [0, 0.05) is 0 Å². The van der Waals surface area contributed by atoms with Gasteiger partial charge in [0.2, 0.25) is 5.91 Å². The summed E-state index contributed by atoms with van der Waals surface area (Å²) in [5, 5.41) is 2.80. The fraction of sp³-hybridized carbons (Fsp3) is 0.562. The molecule has 1 aromatic carbocycles. The van der Waals surface area contributed by atoms with Crippen molar-refractivity contribution in [1.82, 2.24) is 5.32 Å². The van der Waals surface area contributed by atoms with E-state index >= 15 is 0 Å². The molecule has 0 radical (unpaired) electrons. The van der Waals surface area contributed by atoms with Crippen LogP contribution in [0.2, 0.25) is 0 Å². The molecular weight excluding hydrogens is 252 g/mol. The number of carbonyl (C=O) groups excluding carboxylic acids is 1. The van der Waals surface area contributed by atoms with Gasteiger partial charge in [0.15, 0.2) is 0 Å². The Kier molecular flexibility index (Phi) is 5.57. The summed E-state index contributed by atoms with van der Waals surface area (Å²) in [6.07, 6.45) is 0. The van der Waals surface area contributed by atoms with E-state index in [1.165, 1.54) is 5.56 Å². The maximum Gasteiger partial charge on any atom is 0.236 e. The summed E-state index contributed by atoms with van der Waals surface area (Å²) >= 11 is 0. The Morgan fingerprint density at radius 1 is 1.25 bits per heavy atom. The number of rotatable bonds is 5. The maximum absolute atomic E-state index is 11.4. The molecule has 1 aromatic rings. The van der Waals surface area contributed by atoms with Crippen molar-refractivity contribution < 1.29 is 9.53 Å². The largest absolute Gasteiger partial charge is 0.491 e. The minimum absolute atomic E-state index is 0.0733. The number of hydrogen-bond acceptors (Lipinski definition) is 3. The van der Waals surface area contributed by atoms with Crippen LogP contribution in [0, 0.1) is 0 Å². The zero-order chi connectivity index (χ0) is 15.3. The third kappa shape index (κ3) is 5.21. The topological polar surface area (TPSA) is 64.3 Å². The first-order valence-electron chi connectivity index (χ1n) is 6.99. The molecule has 1 amide bonds. The lowest BCUT2D eigenvalue weighted by molar-refractivity contribution is -0.122. The Morgan fingerprint density at radius 2 is 1.80 bits per heavy atom. The molecule has 112 valence electrons. The fourth-order valence-corrected chi connectivity index (χ4v) is 1.69. The highest BCUT2D eigenvalue weighted by Crippen LogP contribution is 2.24. The van der Waals surface area contributed by atoms with Crippen LogP contribution in [-0.4, -0.2) is 24.6 Å². The average molecular weight is 278 g/mol. The molecule has 0 spiro atoms. The fourth-order valence-electron chi connectivity index (χ4n) is 1.69. The van der Waals surface area contributed by atoms with Crippen molar-refractivity contribution >= 4 is 5.91 Å². The van der Waals surface area contributed by atoms with Gasteiger partial charge in [0.25, 0.3) is 0 Å². The van der Waals surface area contributed by atoms with Gasteiger partial charge in [0.1, 0.15) is 12.4 Å². The molecule has 0 aliphatic heterocycles. The Bertz CT molecular complexity index is 433. The molecule has 0 heterocycles. The Balaban J connectivity index is 2.48. The third-order valence-electron chi connectivity index (χ3n) is 3.02. The van der Waals surface area contributed by atoms with E-state index < -0.39 is 6.04 Å². The Labute approximate surface area is 121 Å². The molecule has 0 fully saturated rings. The molecule has 0 saturated carbocycles. The van der Waals surface area contributed by atoms with E-state index in [-0.39, 0.29) is 17.4 Å². The van der Waals surface area contributed by atoms with Crippen molar-refractivity contribution in [3.8, 4) is 5.75 Å². The van der Waals surface area contributed by atoms with Gasteiger partial charge in [0.05, 0.1) is 12.1 Å². The number of hydrogen-bond donors (Lipinski definition) is 2. The molecule has 0 aliphatic rings. The minimum Gasteiger partial charge on any atom is -0.491 e. The monoisotopic (exact) mass is 278 g/mol. The first-order chi connectivity index (χ1) is 9.20. The van der Waals surface area contributed by atoms with Crippen LogP contribution in [0.25, 0.3) is 0 Å². The van der Waals surface area contributed by atoms with Crippen molar-refractivity contribution in [3.05, 3.63) is 29.8 Å². The van der Waals surface area contributed by atoms with E-state index in [1.54, 1.807) is 6.92 Å². The standard InChI is InChI=1S/C16H26N2O2/c1-11(18-15(19)12(2)17)10-20-14-8-6-13(7-9-14)16(3,4)5/h6-9,11-12H,10,17H2,1-5H3,(H,18,19)/t11?,12-/m0/s1. The maximum atomic E-state index is 11.4. The summed E-state index contributed by atoms with van der Waals surface area (Å²) in [5.74, 6) is 0.643.